The summed E-state index contributed by atoms with van der Waals surface area (Å²) in [6, 6.07) is 0.698. The number of primary amides is 1. The van der Waals surface area contributed by atoms with Gasteiger partial charge in [0.1, 0.15) is 22.8 Å². The molecule has 3 saturated carbocycles. The molecule has 13 heteroatoms. The summed E-state index contributed by atoms with van der Waals surface area (Å²) in [5.74, 6) is -7.61. The second kappa shape index (κ2) is 11.1. The van der Waals surface area contributed by atoms with Crippen molar-refractivity contribution in [3.8, 4) is 5.75 Å². The zero-order valence-electron chi connectivity index (χ0n) is 26.6. The van der Waals surface area contributed by atoms with Crippen molar-refractivity contribution in [3.05, 3.63) is 34.1 Å². The summed E-state index contributed by atoms with van der Waals surface area (Å²) in [5, 5.41) is 52.1. The lowest BCUT2D eigenvalue weighted by Gasteiger charge is -2.50. The van der Waals surface area contributed by atoms with Gasteiger partial charge in [-0.1, -0.05) is 0 Å². The number of carbonyl (C=O) groups excluding carboxylic acids is 4. The Kier molecular flexibility index (Phi) is 7.72. The van der Waals surface area contributed by atoms with E-state index in [1.165, 1.54) is 17.7 Å². The quantitative estimate of drug-likeness (QED) is 0.167. The molecule has 1 aromatic carbocycles. The summed E-state index contributed by atoms with van der Waals surface area (Å²) in [7, 11) is 6.65. The number of aliphatic hydroxyl groups is 3. The first-order chi connectivity index (χ1) is 21.6. The molecule has 46 heavy (non-hydrogen) atoms. The summed E-state index contributed by atoms with van der Waals surface area (Å²) in [6.45, 7) is 0.0348. The standard InChI is InChI=1S/C33H43N5O8/c1-37(2)20-13-19(36-21(39)14-35-16-5-7-32(8-6-16)9-10-32)26(40)23-17(20)11-15-12-18-25(38(3)4)28(42)24(31(34)45)30(44)33(18,46)29(43)22(15)27(23)41/h13,15-16,18,25,35,40-41,44,46H,5-12,14H2,1-4H3,(H2,34,45)(H,36,39)/t15-,18-,25-,33-/m0/s1. The lowest BCUT2D eigenvalue weighted by Crippen LogP contribution is -2.65. The molecule has 1 spiro atoms. The molecule has 0 unspecified atom stereocenters. The van der Waals surface area contributed by atoms with Crippen molar-refractivity contribution >= 4 is 40.5 Å². The van der Waals surface area contributed by atoms with Gasteiger partial charge in [-0.2, -0.15) is 0 Å². The van der Waals surface area contributed by atoms with Crippen LogP contribution in [-0.4, -0.2) is 101 Å². The van der Waals surface area contributed by atoms with E-state index >= 15 is 0 Å². The Hall–Kier alpha value is -3.94. The van der Waals surface area contributed by atoms with E-state index in [1.54, 1.807) is 39.2 Å². The molecule has 1 aromatic rings. The molecule has 3 fully saturated rings. The highest BCUT2D eigenvalue weighted by atomic mass is 16.3. The van der Waals surface area contributed by atoms with E-state index < -0.39 is 63.8 Å². The highest BCUT2D eigenvalue weighted by Gasteiger charge is 2.64. The second-order valence-corrected chi connectivity index (χ2v) is 14.2. The van der Waals surface area contributed by atoms with Crippen LogP contribution in [0, 0.1) is 17.3 Å². The van der Waals surface area contributed by atoms with Crippen molar-refractivity contribution in [2.75, 3.05) is 45.0 Å². The first-order valence-electron chi connectivity index (χ1n) is 15.9. The molecular formula is C33H43N5O8. The number of nitrogens with one attached hydrogen (secondary N) is 2. The molecule has 0 radical (unpaired) electrons. The third-order valence-corrected chi connectivity index (χ3v) is 11.0. The third kappa shape index (κ3) is 4.87. The zero-order chi connectivity index (χ0) is 33.5. The third-order valence-electron chi connectivity index (χ3n) is 11.0. The first-order valence-corrected chi connectivity index (χ1v) is 15.9. The summed E-state index contributed by atoms with van der Waals surface area (Å²) in [4.78, 5) is 55.9. The van der Waals surface area contributed by atoms with Crippen LogP contribution in [0.15, 0.2) is 23.0 Å². The van der Waals surface area contributed by atoms with Crippen LogP contribution in [0.5, 0.6) is 5.75 Å². The molecule has 8 N–H and O–H groups in total. The number of nitrogens with two attached hydrogens (primary N) is 1. The number of carbonyl (C=O) groups is 4. The average Bonchev–Trinajstić information content (AvgIpc) is 3.74. The van der Waals surface area contributed by atoms with Gasteiger partial charge in [0.2, 0.25) is 11.7 Å². The van der Waals surface area contributed by atoms with Crippen LogP contribution in [0.2, 0.25) is 0 Å². The summed E-state index contributed by atoms with van der Waals surface area (Å²) in [5.41, 5.74) is 3.16. The Labute approximate surface area is 267 Å². The predicted octanol–water partition coefficient (Wildman–Crippen LogP) is 1.28. The minimum absolute atomic E-state index is 0.00810. The minimum Gasteiger partial charge on any atom is -0.508 e. The number of aliphatic hydroxyl groups excluding tert-OH is 2. The van der Waals surface area contributed by atoms with E-state index in [0.717, 1.165) is 25.7 Å². The zero-order valence-corrected chi connectivity index (χ0v) is 26.6. The molecule has 0 aromatic heterocycles. The minimum atomic E-state index is -2.72. The normalized spacial score (nSPS) is 28.6. The number of hydrogen-bond acceptors (Lipinski definition) is 11. The molecule has 5 aliphatic carbocycles. The van der Waals surface area contributed by atoms with Crippen LogP contribution < -0.4 is 21.3 Å². The fraction of sp³-hybridized carbons (Fsp3) is 0.576. The summed E-state index contributed by atoms with van der Waals surface area (Å²) in [6.07, 6.45) is 7.09. The molecule has 5 aliphatic rings. The molecule has 0 heterocycles. The van der Waals surface area contributed by atoms with E-state index in [2.05, 4.69) is 10.6 Å². The number of anilines is 2. The average molecular weight is 638 g/mol. The molecule has 2 amide bonds. The van der Waals surface area contributed by atoms with E-state index in [4.69, 9.17) is 5.73 Å². The van der Waals surface area contributed by atoms with Crippen molar-refractivity contribution in [3.63, 3.8) is 0 Å². The van der Waals surface area contributed by atoms with Gasteiger partial charge in [0.05, 0.1) is 23.8 Å². The number of rotatable bonds is 7. The van der Waals surface area contributed by atoms with Gasteiger partial charge in [0.15, 0.2) is 11.4 Å². The molecule has 0 saturated heterocycles. The van der Waals surface area contributed by atoms with Gasteiger partial charge in [-0.25, -0.2) is 0 Å². The Bertz CT molecular complexity index is 1600. The monoisotopic (exact) mass is 637 g/mol. The molecule has 4 atom stereocenters. The second-order valence-electron chi connectivity index (χ2n) is 14.2. The highest BCUT2D eigenvalue weighted by molar-refractivity contribution is 6.24. The predicted molar refractivity (Wildman–Crippen MR) is 169 cm³/mol. The van der Waals surface area contributed by atoms with Crippen LogP contribution >= 0.6 is 0 Å². The van der Waals surface area contributed by atoms with E-state index in [0.29, 0.717) is 16.7 Å². The number of Topliss-reactive ketones (excluding diaryl/α,β-unsaturated/α-hetero) is 2. The van der Waals surface area contributed by atoms with Crippen LogP contribution in [-0.2, 0) is 25.6 Å². The number of aromatic hydroxyl groups is 1. The van der Waals surface area contributed by atoms with Gasteiger partial charge in [-0.15, -0.1) is 0 Å². The fourth-order valence-corrected chi connectivity index (χ4v) is 8.33. The van der Waals surface area contributed by atoms with Crippen LogP contribution in [0.3, 0.4) is 0 Å². The molecule has 0 aliphatic heterocycles. The van der Waals surface area contributed by atoms with Crippen LogP contribution in [0.4, 0.5) is 11.4 Å². The van der Waals surface area contributed by atoms with Crippen LogP contribution in [0.1, 0.15) is 56.1 Å². The first kappa shape index (κ1) is 32.0. The van der Waals surface area contributed by atoms with Gasteiger partial charge in [-0.3, -0.25) is 24.1 Å². The number of hydrogen-bond donors (Lipinski definition) is 7. The number of phenolic OH excluding ortho intramolecular Hbond substituents is 1. The Morgan fingerprint density at radius 3 is 2.26 bits per heavy atom. The number of likely N-dealkylation sites (N-methyl/N-ethyl adjacent to an activating group) is 1. The van der Waals surface area contributed by atoms with Crippen molar-refractivity contribution in [1.29, 1.82) is 0 Å². The molecule has 248 valence electrons. The van der Waals surface area contributed by atoms with E-state index in [1.807, 2.05) is 0 Å². The van der Waals surface area contributed by atoms with Crippen molar-refractivity contribution in [2.45, 2.75) is 69.1 Å². The number of phenols is 1. The van der Waals surface area contributed by atoms with Gasteiger partial charge in [0.25, 0.3) is 5.91 Å². The summed E-state index contributed by atoms with van der Waals surface area (Å²) >= 11 is 0. The van der Waals surface area contributed by atoms with E-state index in [-0.39, 0.29) is 48.2 Å². The maximum absolute atomic E-state index is 14.1. The Morgan fingerprint density at radius 1 is 1.04 bits per heavy atom. The van der Waals surface area contributed by atoms with Gasteiger partial charge in [0, 0.05) is 37.3 Å². The topological polar surface area (TPSA) is 206 Å². The van der Waals surface area contributed by atoms with Crippen LogP contribution in [0.25, 0.3) is 5.76 Å². The van der Waals surface area contributed by atoms with Gasteiger partial charge >= 0.3 is 0 Å². The van der Waals surface area contributed by atoms with Crippen molar-refractivity contribution in [1.82, 2.24) is 10.2 Å². The molecule has 6 rings (SSSR count). The van der Waals surface area contributed by atoms with E-state index in [9.17, 15) is 39.6 Å². The van der Waals surface area contributed by atoms with Gasteiger partial charge < -0.3 is 41.7 Å². The largest absolute Gasteiger partial charge is 0.508 e. The lowest BCUT2D eigenvalue weighted by molar-refractivity contribution is -0.153. The molecule has 0 bridgehead atoms. The SMILES string of the molecule is CN(C)c1cc(NC(=O)CNC2CCC3(CC2)CC3)c(O)c2c1C[C@H]1C[C@H]3[C@H](N(C)C)C(=O)C(C(N)=O)=C(O)[C@@]3(O)C(=O)C1=C2O. The number of fused-ring (bicyclic) bond motifs is 3. The molecular weight excluding hydrogens is 594 g/mol. The van der Waals surface area contributed by atoms with Gasteiger partial charge in [-0.05, 0) is 88.4 Å². The number of nitrogens with zero attached hydrogens (tertiary/aromatic N) is 2. The lowest BCUT2D eigenvalue weighted by atomic mass is 9.57. The maximum atomic E-state index is 14.1. The smallest absolute Gasteiger partial charge is 0.255 e. The fourth-order valence-electron chi connectivity index (χ4n) is 8.33. The van der Waals surface area contributed by atoms with Crippen molar-refractivity contribution < 1.29 is 39.6 Å². The Balaban J connectivity index is 1.35. The maximum Gasteiger partial charge on any atom is 0.255 e. The summed E-state index contributed by atoms with van der Waals surface area (Å²) < 4.78 is 0. The van der Waals surface area contributed by atoms with Crippen molar-refractivity contribution in [2.24, 2.45) is 23.0 Å². The Morgan fingerprint density at radius 2 is 1.70 bits per heavy atom. The number of amides is 2. The highest BCUT2D eigenvalue weighted by Crippen LogP contribution is 2.56. The number of ketones is 2. The molecule has 13 nitrogen and oxygen atoms in total. The number of benzene rings is 1.